The standard InChI is InChI=1S/C27H25F3N2O4S/c1-27(11-12-37(34,35)16-27)31-25(33)18-5-10-22-23(17-3-2-4-21(13-17)36-26(29)30)15-32(24(22)14-18)20-8-6-19(28)7-9-20/h2-10,13-15,26,34-35H,11-12,16H2,1H3,(H,31,33). The summed E-state index contributed by atoms with van der Waals surface area (Å²) >= 11 is 0. The normalized spacial score (nSPS) is 19.8. The van der Waals surface area contributed by atoms with Gasteiger partial charge in [-0.25, -0.2) is 4.39 Å². The Bertz CT molecular complexity index is 1470. The van der Waals surface area contributed by atoms with Gasteiger partial charge >= 0.3 is 6.61 Å². The summed E-state index contributed by atoms with van der Waals surface area (Å²) in [5.74, 6) is -0.396. The predicted octanol–water partition coefficient (Wildman–Crippen LogP) is 6.68. The van der Waals surface area contributed by atoms with Crippen molar-refractivity contribution in [3.05, 3.63) is 84.3 Å². The first-order valence-electron chi connectivity index (χ1n) is 11.5. The van der Waals surface area contributed by atoms with Crippen molar-refractivity contribution in [3.8, 4) is 22.6 Å². The highest BCUT2D eigenvalue weighted by molar-refractivity contribution is 8.24. The fourth-order valence-corrected chi connectivity index (χ4v) is 6.90. The van der Waals surface area contributed by atoms with Crippen LogP contribution in [0.15, 0.2) is 72.9 Å². The molecule has 1 fully saturated rings. The van der Waals surface area contributed by atoms with E-state index in [2.05, 4.69) is 10.1 Å². The number of halogens is 3. The lowest BCUT2D eigenvalue weighted by atomic mass is 10.0. The third-order valence-corrected chi connectivity index (χ3v) is 8.45. The van der Waals surface area contributed by atoms with E-state index in [1.165, 1.54) is 24.3 Å². The Balaban J connectivity index is 1.58. The average Bonchev–Trinajstić information content (AvgIpc) is 3.35. The number of nitrogens with one attached hydrogen (secondary N) is 1. The van der Waals surface area contributed by atoms with E-state index in [0.717, 1.165) is 5.39 Å². The first kappa shape index (κ1) is 25.2. The van der Waals surface area contributed by atoms with Gasteiger partial charge in [0.25, 0.3) is 5.91 Å². The second kappa shape index (κ2) is 9.44. The zero-order valence-electron chi connectivity index (χ0n) is 19.8. The Labute approximate surface area is 213 Å². The van der Waals surface area contributed by atoms with Gasteiger partial charge in [-0.15, -0.1) is 0 Å². The molecule has 37 heavy (non-hydrogen) atoms. The minimum absolute atomic E-state index is 0.0157. The summed E-state index contributed by atoms with van der Waals surface area (Å²) in [6.07, 6.45) is 2.26. The highest BCUT2D eigenvalue weighted by Crippen LogP contribution is 2.50. The van der Waals surface area contributed by atoms with E-state index in [9.17, 15) is 27.1 Å². The molecule has 1 amide bonds. The topological polar surface area (TPSA) is 83.7 Å². The van der Waals surface area contributed by atoms with Crippen LogP contribution in [0.4, 0.5) is 13.2 Å². The number of nitrogens with zero attached hydrogens (tertiary/aromatic N) is 1. The molecule has 1 unspecified atom stereocenters. The number of carbonyl (C=O) groups excluding carboxylic acids is 1. The van der Waals surface area contributed by atoms with Crippen LogP contribution in [0.2, 0.25) is 0 Å². The van der Waals surface area contributed by atoms with Gasteiger partial charge in [0.2, 0.25) is 0 Å². The third kappa shape index (κ3) is 5.31. The largest absolute Gasteiger partial charge is 0.435 e. The minimum atomic E-state index is -2.96. The Morgan fingerprint density at radius 3 is 2.54 bits per heavy atom. The number of hydrogen-bond donors (Lipinski definition) is 3. The van der Waals surface area contributed by atoms with Gasteiger partial charge in [0.15, 0.2) is 0 Å². The molecule has 1 aromatic heterocycles. The average molecular weight is 531 g/mol. The predicted molar refractivity (Wildman–Crippen MR) is 138 cm³/mol. The molecule has 0 bridgehead atoms. The molecule has 10 heteroatoms. The van der Waals surface area contributed by atoms with Gasteiger partial charge in [-0.1, -0.05) is 18.2 Å². The number of hydrogen-bond acceptors (Lipinski definition) is 4. The maximum Gasteiger partial charge on any atom is 0.387 e. The van der Waals surface area contributed by atoms with E-state index in [1.807, 2.05) is 0 Å². The SMILES string of the molecule is CC1(NC(=O)c2ccc3c(-c4cccc(OC(F)F)c4)cn(-c4ccc(F)cc4)c3c2)CCS(O)(O)C1. The van der Waals surface area contributed by atoms with Crippen molar-refractivity contribution in [1.82, 2.24) is 9.88 Å². The molecule has 6 nitrogen and oxygen atoms in total. The number of benzene rings is 3. The number of aromatic nitrogens is 1. The van der Waals surface area contributed by atoms with Gasteiger partial charge in [0.1, 0.15) is 11.6 Å². The van der Waals surface area contributed by atoms with E-state index >= 15 is 0 Å². The Hall–Kier alpha value is -3.47. The lowest BCUT2D eigenvalue weighted by Crippen LogP contribution is -2.46. The van der Waals surface area contributed by atoms with Gasteiger partial charge in [-0.2, -0.15) is 19.4 Å². The Kier molecular flexibility index (Phi) is 6.43. The zero-order chi connectivity index (χ0) is 26.4. The second-order valence-electron chi connectivity index (χ2n) is 9.44. The maximum absolute atomic E-state index is 13.6. The van der Waals surface area contributed by atoms with Crippen molar-refractivity contribution < 1.29 is 31.8 Å². The highest BCUT2D eigenvalue weighted by atomic mass is 32.3. The van der Waals surface area contributed by atoms with Gasteiger partial charge < -0.3 is 14.6 Å². The molecule has 2 heterocycles. The van der Waals surface area contributed by atoms with Crippen molar-refractivity contribution in [2.75, 3.05) is 11.5 Å². The molecule has 1 saturated heterocycles. The van der Waals surface area contributed by atoms with Crippen molar-refractivity contribution >= 4 is 27.4 Å². The number of carbonyl (C=O) groups is 1. The quantitative estimate of drug-likeness (QED) is 0.260. The Morgan fingerprint density at radius 2 is 1.86 bits per heavy atom. The first-order valence-corrected chi connectivity index (χ1v) is 13.4. The number of ether oxygens (including phenoxy) is 1. The number of fused-ring (bicyclic) bond motifs is 1. The number of rotatable bonds is 6. The van der Waals surface area contributed by atoms with Crippen LogP contribution in [0.5, 0.6) is 5.75 Å². The van der Waals surface area contributed by atoms with Crippen LogP contribution in [0.25, 0.3) is 27.7 Å². The molecule has 3 N–H and O–H groups in total. The van der Waals surface area contributed by atoms with Crippen LogP contribution < -0.4 is 10.1 Å². The molecule has 4 aromatic rings. The summed E-state index contributed by atoms with van der Waals surface area (Å²) < 4.78 is 65.6. The lowest BCUT2D eigenvalue weighted by molar-refractivity contribution is -0.0498. The minimum Gasteiger partial charge on any atom is -0.435 e. The second-order valence-corrected chi connectivity index (χ2v) is 11.7. The molecular weight excluding hydrogens is 505 g/mol. The van der Waals surface area contributed by atoms with Crippen LogP contribution in [-0.2, 0) is 0 Å². The molecule has 1 aliphatic heterocycles. The molecule has 5 rings (SSSR count). The number of amides is 1. The Morgan fingerprint density at radius 1 is 1.11 bits per heavy atom. The van der Waals surface area contributed by atoms with Gasteiger partial charge in [-0.3, -0.25) is 13.9 Å². The van der Waals surface area contributed by atoms with Gasteiger partial charge in [-0.05, 0) is 67.4 Å². The van der Waals surface area contributed by atoms with Crippen LogP contribution in [0.1, 0.15) is 23.7 Å². The van der Waals surface area contributed by atoms with Crippen LogP contribution in [0, 0.1) is 5.82 Å². The van der Waals surface area contributed by atoms with E-state index < -0.39 is 28.6 Å². The monoisotopic (exact) mass is 530 g/mol. The van der Waals surface area contributed by atoms with E-state index in [-0.39, 0.29) is 23.2 Å². The highest BCUT2D eigenvalue weighted by Gasteiger charge is 2.39. The zero-order valence-corrected chi connectivity index (χ0v) is 20.6. The molecule has 0 aliphatic carbocycles. The summed E-state index contributed by atoms with van der Waals surface area (Å²) in [4.78, 5) is 13.2. The van der Waals surface area contributed by atoms with E-state index in [0.29, 0.717) is 34.3 Å². The summed E-state index contributed by atoms with van der Waals surface area (Å²) in [6, 6.07) is 17.3. The summed E-state index contributed by atoms with van der Waals surface area (Å²) in [6.45, 7) is -1.17. The maximum atomic E-state index is 13.6. The molecule has 0 saturated carbocycles. The van der Waals surface area contributed by atoms with Crippen LogP contribution >= 0.6 is 10.6 Å². The smallest absolute Gasteiger partial charge is 0.387 e. The fourth-order valence-electron chi connectivity index (χ4n) is 4.74. The van der Waals surface area contributed by atoms with Gasteiger partial charge in [0.05, 0.1) is 16.8 Å². The molecule has 3 aromatic carbocycles. The van der Waals surface area contributed by atoms with Crippen molar-refractivity contribution in [1.29, 1.82) is 0 Å². The number of alkyl halides is 2. The van der Waals surface area contributed by atoms with Crippen molar-refractivity contribution in [2.24, 2.45) is 0 Å². The molecule has 1 aliphatic rings. The molecular formula is C27H25F3N2O4S. The first-order chi connectivity index (χ1) is 17.5. The molecule has 194 valence electrons. The summed E-state index contributed by atoms with van der Waals surface area (Å²) in [5, 5.41) is 3.68. The van der Waals surface area contributed by atoms with Crippen LogP contribution in [0.3, 0.4) is 0 Å². The van der Waals surface area contributed by atoms with Crippen LogP contribution in [-0.4, -0.2) is 43.2 Å². The summed E-state index contributed by atoms with van der Waals surface area (Å²) in [7, 11) is -2.71. The third-order valence-electron chi connectivity index (χ3n) is 6.49. The van der Waals surface area contributed by atoms with Crippen molar-refractivity contribution in [2.45, 2.75) is 25.5 Å². The molecule has 1 atom stereocenters. The van der Waals surface area contributed by atoms with E-state index in [4.69, 9.17) is 0 Å². The molecule has 0 spiro atoms. The van der Waals surface area contributed by atoms with E-state index in [1.54, 1.807) is 60.2 Å². The lowest BCUT2D eigenvalue weighted by Gasteiger charge is -2.30. The van der Waals surface area contributed by atoms with Crippen molar-refractivity contribution in [3.63, 3.8) is 0 Å². The fraction of sp³-hybridized carbons (Fsp3) is 0.222. The van der Waals surface area contributed by atoms with Gasteiger partial charge in [0, 0.05) is 34.2 Å². The summed E-state index contributed by atoms with van der Waals surface area (Å²) in [5.41, 5.74) is 2.26. The molecule has 0 radical (unpaired) electrons.